The van der Waals surface area contributed by atoms with E-state index >= 15 is 0 Å². The molecule has 0 aliphatic carbocycles. The van der Waals surface area contributed by atoms with Gasteiger partial charge in [0.15, 0.2) is 17.4 Å². The van der Waals surface area contributed by atoms with Gasteiger partial charge in [0.1, 0.15) is 6.61 Å². The lowest BCUT2D eigenvalue weighted by atomic mass is 10.3. The van der Waals surface area contributed by atoms with Crippen LogP contribution in [-0.2, 0) is 0 Å². The lowest BCUT2D eigenvalue weighted by Gasteiger charge is -2.10. The van der Waals surface area contributed by atoms with E-state index in [1.807, 2.05) is 0 Å². The fourth-order valence-corrected chi connectivity index (χ4v) is 0.882. The van der Waals surface area contributed by atoms with Crippen molar-refractivity contribution in [3.05, 3.63) is 29.3 Å². The molecule has 0 unspecified atom stereocenters. The van der Waals surface area contributed by atoms with Gasteiger partial charge in [-0.05, 0) is 6.92 Å². The first-order chi connectivity index (χ1) is 6.93. The molecule has 84 valence electrons. The van der Waals surface area contributed by atoms with E-state index in [1.54, 1.807) is 0 Å². The second-order valence-corrected chi connectivity index (χ2v) is 2.96. The highest BCUT2D eigenvalue weighted by Crippen LogP contribution is 2.26. The standard InChI is InChI=1S/C9H8F4O2/c1-4(14)3-15-9-7(12)5(10)2-6(11)8(9)13/h2,4,14H,3H2,1H3/t4-/m1/s1. The van der Waals surface area contributed by atoms with Crippen molar-refractivity contribution in [3.63, 3.8) is 0 Å². The molecular formula is C9H8F4O2. The average molecular weight is 224 g/mol. The first-order valence-electron chi connectivity index (χ1n) is 4.07. The van der Waals surface area contributed by atoms with Crippen molar-refractivity contribution < 1.29 is 27.4 Å². The Morgan fingerprint density at radius 3 is 2.07 bits per heavy atom. The molecular weight excluding hydrogens is 216 g/mol. The van der Waals surface area contributed by atoms with Gasteiger partial charge in [0, 0.05) is 6.07 Å². The van der Waals surface area contributed by atoms with Gasteiger partial charge < -0.3 is 9.84 Å². The van der Waals surface area contributed by atoms with Crippen LogP contribution in [0.3, 0.4) is 0 Å². The van der Waals surface area contributed by atoms with Crippen LogP contribution >= 0.6 is 0 Å². The second-order valence-electron chi connectivity index (χ2n) is 2.96. The minimum absolute atomic E-state index is 0.0832. The average Bonchev–Trinajstić information content (AvgIpc) is 2.14. The molecule has 6 heteroatoms. The summed E-state index contributed by atoms with van der Waals surface area (Å²) in [5.74, 6) is -7.48. The third-order valence-corrected chi connectivity index (χ3v) is 1.54. The number of ether oxygens (including phenoxy) is 1. The van der Waals surface area contributed by atoms with Crippen molar-refractivity contribution >= 4 is 0 Å². The van der Waals surface area contributed by atoms with Crippen molar-refractivity contribution in [3.8, 4) is 5.75 Å². The molecule has 0 radical (unpaired) electrons. The number of aliphatic hydroxyl groups is 1. The molecule has 1 N–H and O–H groups in total. The van der Waals surface area contributed by atoms with E-state index in [2.05, 4.69) is 4.74 Å². The molecule has 0 aromatic heterocycles. The molecule has 1 rings (SSSR count). The zero-order valence-corrected chi connectivity index (χ0v) is 7.73. The van der Waals surface area contributed by atoms with E-state index in [-0.39, 0.29) is 6.07 Å². The lowest BCUT2D eigenvalue weighted by molar-refractivity contribution is 0.115. The highest BCUT2D eigenvalue weighted by atomic mass is 19.2. The Morgan fingerprint density at radius 2 is 1.67 bits per heavy atom. The largest absolute Gasteiger partial charge is 0.485 e. The summed E-state index contributed by atoms with van der Waals surface area (Å²) in [6.45, 7) is 0.836. The predicted octanol–water partition coefficient (Wildman–Crippen LogP) is 2.00. The number of hydrogen-bond donors (Lipinski definition) is 1. The van der Waals surface area contributed by atoms with Crippen LogP contribution in [0.15, 0.2) is 6.07 Å². The van der Waals surface area contributed by atoms with E-state index in [0.717, 1.165) is 0 Å². The summed E-state index contributed by atoms with van der Waals surface area (Å²) in [7, 11) is 0. The van der Waals surface area contributed by atoms with Crippen LogP contribution in [0.5, 0.6) is 5.75 Å². The Kier molecular flexibility index (Phi) is 3.52. The Labute approximate surface area is 83.1 Å². The van der Waals surface area contributed by atoms with Crippen LogP contribution in [0.2, 0.25) is 0 Å². The number of hydrogen-bond acceptors (Lipinski definition) is 2. The van der Waals surface area contributed by atoms with Gasteiger partial charge in [0.05, 0.1) is 6.10 Å². The molecule has 1 aromatic rings. The smallest absolute Gasteiger partial charge is 0.203 e. The van der Waals surface area contributed by atoms with Crippen LogP contribution in [0, 0.1) is 23.3 Å². The molecule has 0 aliphatic rings. The Hall–Kier alpha value is -1.30. The summed E-state index contributed by atoms with van der Waals surface area (Å²) < 4.78 is 55.5. The van der Waals surface area contributed by atoms with E-state index in [0.29, 0.717) is 0 Å². The summed E-state index contributed by atoms with van der Waals surface area (Å²) in [6.07, 6.45) is -1.00. The maximum atomic E-state index is 12.9. The summed E-state index contributed by atoms with van der Waals surface area (Å²) in [6, 6.07) is 0.0832. The van der Waals surface area contributed by atoms with Gasteiger partial charge in [-0.3, -0.25) is 0 Å². The van der Waals surface area contributed by atoms with Gasteiger partial charge in [-0.2, -0.15) is 8.78 Å². The van der Waals surface area contributed by atoms with Crippen molar-refractivity contribution in [1.29, 1.82) is 0 Å². The minimum Gasteiger partial charge on any atom is -0.485 e. The molecule has 0 saturated heterocycles. The van der Waals surface area contributed by atoms with Gasteiger partial charge in [0.2, 0.25) is 11.6 Å². The van der Waals surface area contributed by atoms with Crippen LogP contribution in [0.25, 0.3) is 0 Å². The third-order valence-electron chi connectivity index (χ3n) is 1.54. The van der Waals surface area contributed by atoms with Crippen LogP contribution in [0.4, 0.5) is 17.6 Å². The van der Waals surface area contributed by atoms with Crippen LogP contribution < -0.4 is 4.74 Å². The van der Waals surface area contributed by atoms with Crippen molar-refractivity contribution in [2.75, 3.05) is 6.61 Å². The number of benzene rings is 1. The first-order valence-corrected chi connectivity index (χ1v) is 4.07. The summed E-state index contributed by atoms with van der Waals surface area (Å²) in [5, 5.41) is 8.78. The van der Waals surface area contributed by atoms with Gasteiger partial charge in [-0.25, -0.2) is 8.78 Å². The summed E-state index contributed by atoms with van der Waals surface area (Å²) in [5.41, 5.74) is 0. The zero-order valence-electron chi connectivity index (χ0n) is 7.73. The van der Waals surface area contributed by atoms with E-state index < -0.39 is 41.7 Å². The second kappa shape index (κ2) is 4.48. The lowest BCUT2D eigenvalue weighted by Crippen LogP contribution is -2.15. The highest BCUT2D eigenvalue weighted by Gasteiger charge is 2.20. The Bertz CT molecular complexity index is 339. The topological polar surface area (TPSA) is 29.5 Å². The Morgan fingerprint density at radius 1 is 1.20 bits per heavy atom. The molecule has 1 aromatic carbocycles. The van der Waals surface area contributed by atoms with Crippen molar-refractivity contribution in [1.82, 2.24) is 0 Å². The van der Waals surface area contributed by atoms with Crippen LogP contribution in [-0.4, -0.2) is 17.8 Å². The molecule has 0 fully saturated rings. The zero-order chi connectivity index (χ0) is 11.6. The summed E-state index contributed by atoms with van der Waals surface area (Å²) >= 11 is 0. The molecule has 15 heavy (non-hydrogen) atoms. The Balaban J connectivity index is 3.04. The molecule has 0 aliphatic heterocycles. The quantitative estimate of drug-likeness (QED) is 0.628. The SMILES string of the molecule is C[C@@H](O)COc1c(F)c(F)cc(F)c1F. The van der Waals surface area contributed by atoms with Crippen molar-refractivity contribution in [2.24, 2.45) is 0 Å². The highest BCUT2D eigenvalue weighted by molar-refractivity contribution is 5.28. The maximum Gasteiger partial charge on any atom is 0.203 e. The van der Waals surface area contributed by atoms with Crippen molar-refractivity contribution in [2.45, 2.75) is 13.0 Å². The predicted molar refractivity (Wildman–Crippen MR) is 43.4 cm³/mol. The molecule has 0 spiro atoms. The number of aliphatic hydroxyl groups excluding tert-OH is 1. The van der Waals surface area contributed by atoms with E-state index in [9.17, 15) is 17.6 Å². The van der Waals surface area contributed by atoms with E-state index in [1.165, 1.54) is 6.92 Å². The van der Waals surface area contributed by atoms with Gasteiger partial charge >= 0.3 is 0 Å². The first kappa shape index (κ1) is 11.8. The fourth-order valence-electron chi connectivity index (χ4n) is 0.882. The van der Waals surface area contributed by atoms with Gasteiger partial charge in [0.25, 0.3) is 0 Å². The number of rotatable bonds is 3. The molecule has 1 atom stereocenters. The van der Waals surface area contributed by atoms with Gasteiger partial charge in [-0.15, -0.1) is 0 Å². The molecule has 0 amide bonds. The van der Waals surface area contributed by atoms with E-state index in [4.69, 9.17) is 5.11 Å². The monoisotopic (exact) mass is 224 g/mol. The number of halogens is 4. The molecule has 0 bridgehead atoms. The molecule has 0 saturated carbocycles. The maximum absolute atomic E-state index is 12.9. The fraction of sp³-hybridized carbons (Fsp3) is 0.333. The van der Waals surface area contributed by atoms with Gasteiger partial charge in [-0.1, -0.05) is 0 Å². The summed E-state index contributed by atoms with van der Waals surface area (Å²) in [4.78, 5) is 0. The third kappa shape index (κ3) is 2.59. The molecule has 2 nitrogen and oxygen atoms in total. The normalized spacial score (nSPS) is 12.7. The molecule has 0 heterocycles. The minimum atomic E-state index is -1.62. The van der Waals surface area contributed by atoms with Crippen LogP contribution in [0.1, 0.15) is 6.92 Å².